The van der Waals surface area contributed by atoms with Gasteiger partial charge in [0, 0.05) is 28.2 Å². The van der Waals surface area contributed by atoms with Gasteiger partial charge in [-0.1, -0.05) is 54.1 Å². The average Bonchev–Trinajstić information content (AvgIpc) is 3.48. The fraction of sp³-hybridized carbons (Fsp3) is 0.0435. The molecule has 1 amide bonds. The number of aromatic nitrogens is 2. The highest BCUT2D eigenvalue weighted by Crippen LogP contribution is 2.26. The van der Waals surface area contributed by atoms with Crippen molar-refractivity contribution in [2.75, 3.05) is 5.32 Å². The number of halogens is 1. The zero-order valence-electron chi connectivity index (χ0n) is 17.3. The van der Waals surface area contributed by atoms with Crippen LogP contribution in [-0.4, -0.2) is 23.7 Å². The third kappa shape index (κ3) is 5.58. The van der Waals surface area contributed by atoms with Crippen LogP contribution >= 0.6 is 23.1 Å². The molecule has 8 nitrogen and oxygen atoms in total. The topological polar surface area (TPSA) is 126 Å². The van der Waals surface area contributed by atoms with Gasteiger partial charge in [0.15, 0.2) is 0 Å². The lowest BCUT2D eigenvalue weighted by Crippen LogP contribution is -2.13. The zero-order valence-corrected chi connectivity index (χ0v) is 19.7. The number of hydrogen-bond donors (Lipinski definition) is 1. The molecule has 2 heterocycles. The Bertz CT molecular complexity index is 1520. The molecule has 2 aromatic heterocycles. The van der Waals surface area contributed by atoms with Crippen LogP contribution in [0.25, 0.3) is 17.4 Å². The van der Waals surface area contributed by atoms with Crippen molar-refractivity contribution in [3.05, 3.63) is 88.6 Å². The predicted molar refractivity (Wildman–Crippen MR) is 129 cm³/mol. The lowest BCUT2D eigenvalue weighted by molar-refractivity contribution is -0.112. The van der Waals surface area contributed by atoms with Gasteiger partial charge in [-0.05, 0) is 29.8 Å². The average molecular weight is 511 g/mol. The summed E-state index contributed by atoms with van der Waals surface area (Å²) in [4.78, 5) is 16.5. The molecule has 4 rings (SSSR count). The highest BCUT2D eigenvalue weighted by molar-refractivity contribution is 7.90. The summed E-state index contributed by atoms with van der Waals surface area (Å²) in [5.41, 5.74) is 1.08. The number of rotatable bonds is 7. The van der Waals surface area contributed by atoms with E-state index in [4.69, 9.17) is 16.0 Å². The molecule has 34 heavy (non-hydrogen) atoms. The van der Waals surface area contributed by atoms with Crippen molar-refractivity contribution >= 4 is 50.1 Å². The predicted octanol–water partition coefficient (Wildman–Crippen LogP) is 4.97. The van der Waals surface area contributed by atoms with Crippen LogP contribution in [0.1, 0.15) is 11.3 Å². The summed E-state index contributed by atoms with van der Waals surface area (Å²) in [5, 5.41) is 11.9. The maximum absolute atomic E-state index is 12.6. The number of nitrogens with one attached hydrogen (secondary N) is 1. The molecular formula is C23H15ClN4O4S2. The Kier molecular flexibility index (Phi) is 6.88. The minimum absolute atomic E-state index is 0.0446. The monoisotopic (exact) mass is 510 g/mol. The minimum atomic E-state index is -3.80. The summed E-state index contributed by atoms with van der Waals surface area (Å²) < 4.78 is 34.7. The van der Waals surface area contributed by atoms with Crippen molar-refractivity contribution in [2.45, 2.75) is 10.9 Å². The Labute approximate surface area is 204 Å². The van der Waals surface area contributed by atoms with Crippen LogP contribution in [0.2, 0.25) is 5.02 Å². The summed E-state index contributed by atoms with van der Waals surface area (Å²) in [5.74, 6) is -0.241. The van der Waals surface area contributed by atoms with E-state index in [9.17, 15) is 18.5 Å². The molecule has 0 saturated carbocycles. The second-order valence-corrected chi connectivity index (χ2v) is 10.0. The van der Waals surface area contributed by atoms with Gasteiger partial charge in [-0.2, -0.15) is 14.6 Å². The van der Waals surface area contributed by atoms with E-state index in [1.807, 2.05) is 6.07 Å². The summed E-state index contributed by atoms with van der Waals surface area (Å²) in [6, 6.07) is 20.8. The first kappa shape index (κ1) is 23.4. The van der Waals surface area contributed by atoms with E-state index < -0.39 is 20.9 Å². The van der Waals surface area contributed by atoms with Gasteiger partial charge in [-0.15, -0.1) is 0 Å². The Morgan fingerprint density at radius 1 is 1.15 bits per heavy atom. The van der Waals surface area contributed by atoms with Gasteiger partial charge in [0.1, 0.15) is 23.2 Å². The summed E-state index contributed by atoms with van der Waals surface area (Å²) in [6.07, 6.45) is 1.28. The Morgan fingerprint density at radius 2 is 1.94 bits per heavy atom. The van der Waals surface area contributed by atoms with Crippen molar-refractivity contribution in [2.24, 2.45) is 0 Å². The van der Waals surface area contributed by atoms with Gasteiger partial charge in [0.2, 0.25) is 15.0 Å². The van der Waals surface area contributed by atoms with Gasteiger partial charge >= 0.3 is 0 Å². The van der Waals surface area contributed by atoms with E-state index in [0.29, 0.717) is 27.9 Å². The highest BCUT2D eigenvalue weighted by Gasteiger charge is 2.22. The fourth-order valence-electron chi connectivity index (χ4n) is 2.93. The minimum Gasteiger partial charge on any atom is -0.457 e. The molecular weight excluding hydrogens is 496 g/mol. The van der Waals surface area contributed by atoms with Crippen molar-refractivity contribution in [3.63, 3.8) is 0 Å². The third-order valence-corrected chi connectivity index (χ3v) is 6.93. The van der Waals surface area contributed by atoms with E-state index in [2.05, 4.69) is 14.7 Å². The lowest BCUT2D eigenvalue weighted by atomic mass is 10.2. The van der Waals surface area contributed by atoms with E-state index in [0.717, 1.165) is 5.56 Å². The van der Waals surface area contributed by atoms with E-state index in [-0.39, 0.29) is 22.2 Å². The van der Waals surface area contributed by atoms with E-state index in [1.54, 1.807) is 66.7 Å². The van der Waals surface area contributed by atoms with Crippen molar-refractivity contribution in [1.82, 2.24) is 9.36 Å². The molecule has 0 atom stereocenters. The van der Waals surface area contributed by atoms with Gasteiger partial charge in [0.25, 0.3) is 11.1 Å². The number of furan rings is 1. The first-order valence-corrected chi connectivity index (χ1v) is 12.5. The normalized spacial score (nSPS) is 11.7. The standard InChI is InChI=1S/C23H15ClN4O4S2/c24-18-8-4-7-16(11-18)20-10-9-19(32-20)12-17(13-25)21(29)26-22-27-23(28-33-22)34(30,31)14-15-5-2-1-3-6-15/h1-12H,14H2,(H,26,27,28,29)/b17-12-. The maximum atomic E-state index is 12.6. The molecule has 0 radical (unpaired) electrons. The summed E-state index contributed by atoms with van der Waals surface area (Å²) >= 11 is 6.71. The quantitative estimate of drug-likeness (QED) is 0.274. The molecule has 0 aliphatic rings. The van der Waals surface area contributed by atoms with Gasteiger partial charge < -0.3 is 4.42 Å². The van der Waals surface area contributed by atoms with E-state index >= 15 is 0 Å². The Morgan fingerprint density at radius 3 is 2.68 bits per heavy atom. The van der Waals surface area contributed by atoms with Crippen molar-refractivity contribution < 1.29 is 17.6 Å². The van der Waals surface area contributed by atoms with E-state index in [1.165, 1.54) is 6.08 Å². The molecule has 4 aromatic rings. The molecule has 0 aliphatic heterocycles. The molecule has 0 bridgehead atoms. The maximum Gasteiger partial charge on any atom is 0.268 e. The number of sulfone groups is 1. The number of nitrogens with zero attached hydrogens (tertiary/aromatic N) is 3. The highest BCUT2D eigenvalue weighted by atomic mass is 35.5. The molecule has 0 fully saturated rings. The molecule has 11 heteroatoms. The van der Waals surface area contributed by atoms with Crippen LogP contribution in [-0.2, 0) is 20.4 Å². The first-order chi connectivity index (χ1) is 16.3. The number of hydrogen-bond acceptors (Lipinski definition) is 8. The van der Waals surface area contributed by atoms with Gasteiger partial charge in [-0.3, -0.25) is 10.1 Å². The smallest absolute Gasteiger partial charge is 0.268 e. The van der Waals surface area contributed by atoms with Crippen LogP contribution in [0.5, 0.6) is 0 Å². The van der Waals surface area contributed by atoms with Crippen molar-refractivity contribution in [1.29, 1.82) is 5.26 Å². The second kappa shape index (κ2) is 10.0. The SMILES string of the molecule is N#C/C(=C/c1ccc(-c2cccc(Cl)c2)o1)C(=O)Nc1nc(S(=O)(=O)Cc2ccccc2)ns1. The number of anilines is 1. The number of amides is 1. The van der Waals surface area contributed by atoms with Crippen LogP contribution in [0.15, 0.2) is 81.9 Å². The largest absolute Gasteiger partial charge is 0.457 e. The number of nitriles is 1. The van der Waals surface area contributed by atoms with Crippen LogP contribution in [0.3, 0.4) is 0 Å². The van der Waals surface area contributed by atoms with Gasteiger partial charge in [-0.25, -0.2) is 8.42 Å². The lowest BCUT2D eigenvalue weighted by Gasteiger charge is -2.00. The van der Waals surface area contributed by atoms with Crippen LogP contribution in [0.4, 0.5) is 5.13 Å². The summed E-state index contributed by atoms with van der Waals surface area (Å²) in [7, 11) is -3.80. The number of benzene rings is 2. The zero-order chi connectivity index (χ0) is 24.1. The van der Waals surface area contributed by atoms with Crippen LogP contribution < -0.4 is 5.32 Å². The second-order valence-electron chi connectivity index (χ2n) is 6.96. The molecule has 1 N–H and O–H groups in total. The number of carbonyl (C=O) groups excluding carboxylic acids is 1. The molecule has 2 aromatic carbocycles. The summed E-state index contributed by atoms with van der Waals surface area (Å²) in [6.45, 7) is 0. The van der Waals surface area contributed by atoms with Crippen molar-refractivity contribution in [3.8, 4) is 17.4 Å². The molecule has 0 aliphatic carbocycles. The Hall–Kier alpha value is -3.78. The fourth-order valence-corrected chi connectivity index (χ4v) is 5.20. The molecule has 0 unspecified atom stereocenters. The third-order valence-electron chi connectivity index (χ3n) is 4.49. The van der Waals surface area contributed by atoms with Gasteiger partial charge in [0.05, 0.1) is 5.75 Å². The van der Waals surface area contributed by atoms with Crippen LogP contribution in [0, 0.1) is 11.3 Å². The molecule has 0 spiro atoms. The molecule has 0 saturated heterocycles. The molecule has 170 valence electrons. The first-order valence-electron chi connectivity index (χ1n) is 9.73. The Balaban J connectivity index is 1.47. The number of carbonyl (C=O) groups is 1.